The molecule has 0 radical (unpaired) electrons. The third-order valence-electron chi connectivity index (χ3n) is 5.77. The van der Waals surface area contributed by atoms with Gasteiger partial charge in [0.25, 0.3) is 0 Å². The molecule has 0 aliphatic rings. The van der Waals surface area contributed by atoms with Gasteiger partial charge in [0.05, 0.1) is 0 Å². The van der Waals surface area contributed by atoms with Gasteiger partial charge in [-0.1, -0.05) is 60.1 Å². The molecule has 0 aliphatic heterocycles. The third kappa shape index (κ3) is 4.06. The summed E-state index contributed by atoms with van der Waals surface area (Å²) in [6.07, 6.45) is 0. The van der Waals surface area contributed by atoms with Crippen LogP contribution in [-0.2, 0) is 6.54 Å². The van der Waals surface area contributed by atoms with Crippen LogP contribution in [0.5, 0.6) is 0 Å². The fourth-order valence-electron chi connectivity index (χ4n) is 4.34. The maximum atomic E-state index is 13.9. The monoisotopic (exact) mass is 473 g/mol. The molecule has 0 aliphatic carbocycles. The normalized spacial score (nSPS) is 11.1. The molecule has 5 rings (SSSR count). The first-order valence-electron chi connectivity index (χ1n) is 10.6. The van der Waals surface area contributed by atoms with Crippen LogP contribution in [0.3, 0.4) is 0 Å². The van der Waals surface area contributed by atoms with Gasteiger partial charge in [-0.05, 0) is 58.7 Å². The molecule has 168 valence electrons. The molecule has 1 N–H and O–H groups in total. The molecule has 3 nitrogen and oxygen atoms in total. The van der Waals surface area contributed by atoms with E-state index in [0.717, 1.165) is 28.1 Å². The van der Waals surface area contributed by atoms with Crippen molar-refractivity contribution in [3.8, 4) is 22.3 Å². The Morgan fingerprint density at radius 1 is 0.794 bits per heavy atom. The van der Waals surface area contributed by atoms with Crippen molar-refractivity contribution in [2.45, 2.75) is 6.54 Å². The van der Waals surface area contributed by atoms with E-state index in [4.69, 9.17) is 11.6 Å². The largest absolute Gasteiger partial charge is 0.477 e. The topological polar surface area (TPSA) is 42.2 Å². The van der Waals surface area contributed by atoms with Crippen LogP contribution in [0.4, 0.5) is 8.78 Å². The van der Waals surface area contributed by atoms with Crippen LogP contribution in [0, 0.1) is 11.6 Å². The van der Waals surface area contributed by atoms with Crippen molar-refractivity contribution in [2.75, 3.05) is 0 Å². The number of aromatic nitrogens is 1. The second-order valence-corrected chi connectivity index (χ2v) is 8.43. The highest BCUT2D eigenvalue weighted by atomic mass is 35.5. The molecule has 34 heavy (non-hydrogen) atoms. The minimum atomic E-state index is -1.13. The zero-order valence-corrected chi connectivity index (χ0v) is 18.6. The molecule has 1 aromatic heterocycles. The lowest BCUT2D eigenvalue weighted by Crippen LogP contribution is -2.11. The Morgan fingerprint density at radius 2 is 1.44 bits per heavy atom. The number of aromatic carboxylic acids is 1. The highest BCUT2D eigenvalue weighted by molar-refractivity contribution is 6.30. The van der Waals surface area contributed by atoms with Gasteiger partial charge in [-0.15, -0.1) is 0 Å². The molecule has 0 atom stereocenters. The minimum Gasteiger partial charge on any atom is -0.477 e. The molecular weight excluding hydrogens is 456 g/mol. The summed E-state index contributed by atoms with van der Waals surface area (Å²) in [5, 5.41) is 11.6. The Bertz CT molecular complexity index is 1510. The summed E-state index contributed by atoms with van der Waals surface area (Å²) in [4.78, 5) is 12.5. The van der Waals surface area contributed by atoms with E-state index in [-0.39, 0.29) is 12.2 Å². The first kappa shape index (κ1) is 21.9. The van der Waals surface area contributed by atoms with Gasteiger partial charge in [0.1, 0.15) is 17.3 Å². The highest BCUT2D eigenvalue weighted by Crippen LogP contribution is 2.38. The Hall–Kier alpha value is -3.96. The summed E-state index contributed by atoms with van der Waals surface area (Å²) in [6, 6.07) is 25.5. The summed E-state index contributed by atoms with van der Waals surface area (Å²) in [5.41, 5.74) is 4.16. The minimum absolute atomic E-state index is 0.0000610. The summed E-state index contributed by atoms with van der Waals surface area (Å²) in [6.45, 7) is -0.0000610. The number of hydrogen-bond donors (Lipinski definition) is 1. The predicted octanol–water partition coefficient (Wildman–Crippen LogP) is 7.65. The first-order valence-corrected chi connectivity index (χ1v) is 10.9. The van der Waals surface area contributed by atoms with E-state index in [1.54, 1.807) is 16.7 Å². The zero-order valence-electron chi connectivity index (χ0n) is 17.8. The number of carboxylic acid groups (broad SMARTS) is 1. The number of fused-ring (bicyclic) bond motifs is 1. The maximum absolute atomic E-state index is 13.9. The van der Waals surface area contributed by atoms with Crippen LogP contribution < -0.4 is 0 Å². The van der Waals surface area contributed by atoms with E-state index in [9.17, 15) is 18.7 Å². The van der Waals surface area contributed by atoms with Crippen molar-refractivity contribution < 1.29 is 18.7 Å². The van der Waals surface area contributed by atoms with Crippen molar-refractivity contribution in [3.63, 3.8) is 0 Å². The number of benzene rings is 4. The van der Waals surface area contributed by atoms with Crippen molar-refractivity contribution >= 4 is 28.5 Å². The molecule has 0 bridgehead atoms. The molecule has 6 heteroatoms. The van der Waals surface area contributed by atoms with E-state index in [0.29, 0.717) is 21.7 Å². The Kier molecular flexibility index (Phi) is 5.64. The summed E-state index contributed by atoms with van der Waals surface area (Å²) < 4.78 is 29.3. The quantitative estimate of drug-likeness (QED) is 0.285. The van der Waals surface area contributed by atoms with Gasteiger partial charge in [0.2, 0.25) is 0 Å². The molecule has 0 spiro atoms. The molecular formula is C28H18ClF2NO2. The van der Waals surface area contributed by atoms with E-state index < -0.39 is 17.6 Å². The van der Waals surface area contributed by atoms with Crippen molar-refractivity contribution in [1.29, 1.82) is 0 Å². The number of nitrogens with zero attached hydrogens (tertiary/aromatic N) is 1. The van der Waals surface area contributed by atoms with Crippen molar-refractivity contribution in [1.82, 2.24) is 4.57 Å². The molecule has 0 saturated heterocycles. The number of rotatable bonds is 5. The van der Waals surface area contributed by atoms with Gasteiger partial charge < -0.3 is 9.67 Å². The Morgan fingerprint density at radius 3 is 2.09 bits per heavy atom. The average molecular weight is 474 g/mol. The molecule has 0 unspecified atom stereocenters. The SMILES string of the molecule is O=C(O)c1c(-c2ccccc2)c2cc(-c3ccc(Cl)cc3)ccc2n1Cc1cc(F)cc(F)c1. The fourth-order valence-corrected chi connectivity index (χ4v) is 4.47. The average Bonchev–Trinajstić information content (AvgIpc) is 3.13. The second-order valence-electron chi connectivity index (χ2n) is 8.00. The van der Waals surface area contributed by atoms with Crippen LogP contribution in [0.2, 0.25) is 5.02 Å². The number of carbonyl (C=O) groups is 1. The first-order chi connectivity index (χ1) is 16.4. The highest BCUT2D eigenvalue weighted by Gasteiger charge is 2.24. The maximum Gasteiger partial charge on any atom is 0.353 e. The van der Waals surface area contributed by atoms with Crippen molar-refractivity contribution in [2.24, 2.45) is 0 Å². The van der Waals surface area contributed by atoms with Gasteiger partial charge >= 0.3 is 5.97 Å². The van der Waals surface area contributed by atoms with Crippen LogP contribution in [0.15, 0.2) is 91.0 Å². The smallest absolute Gasteiger partial charge is 0.353 e. The zero-order chi connectivity index (χ0) is 23.8. The predicted molar refractivity (Wildman–Crippen MR) is 130 cm³/mol. The molecule has 5 aromatic rings. The van der Waals surface area contributed by atoms with Crippen LogP contribution in [0.1, 0.15) is 16.1 Å². The summed E-state index contributed by atoms with van der Waals surface area (Å²) in [5.74, 6) is -2.55. The lowest BCUT2D eigenvalue weighted by Gasteiger charge is -2.10. The van der Waals surface area contributed by atoms with E-state index in [2.05, 4.69) is 0 Å². The van der Waals surface area contributed by atoms with Gasteiger partial charge in [-0.2, -0.15) is 0 Å². The van der Waals surface area contributed by atoms with Gasteiger partial charge in [-0.25, -0.2) is 13.6 Å². The lowest BCUT2D eigenvalue weighted by atomic mass is 9.98. The van der Waals surface area contributed by atoms with Crippen LogP contribution >= 0.6 is 11.6 Å². The number of carboxylic acids is 1. The van der Waals surface area contributed by atoms with Gasteiger partial charge in [-0.3, -0.25) is 0 Å². The standard InChI is InChI=1S/C28H18ClF2NO2/c29-21-9-6-18(7-10-21)20-8-11-25-24(14-20)26(19-4-2-1-3-5-19)27(28(33)34)32(25)16-17-12-22(30)15-23(31)13-17/h1-15H,16H2,(H,33,34). The van der Waals surface area contributed by atoms with E-state index in [1.165, 1.54) is 12.1 Å². The Balaban J connectivity index is 1.79. The fraction of sp³-hybridized carbons (Fsp3) is 0.0357. The van der Waals surface area contributed by atoms with Gasteiger partial charge in [0.15, 0.2) is 0 Å². The molecule has 1 heterocycles. The molecule has 4 aromatic carbocycles. The number of halogens is 3. The van der Waals surface area contributed by atoms with Crippen molar-refractivity contribution in [3.05, 3.63) is 119 Å². The number of hydrogen-bond acceptors (Lipinski definition) is 1. The molecule has 0 fully saturated rings. The molecule has 0 amide bonds. The summed E-state index contributed by atoms with van der Waals surface area (Å²) >= 11 is 6.04. The molecule has 0 saturated carbocycles. The van der Waals surface area contributed by atoms with Gasteiger partial charge in [0, 0.05) is 34.1 Å². The van der Waals surface area contributed by atoms with E-state index >= 15 is 0 Å². The van der Waals surface area contributed by atoms with Crippen LogP contribution in [-0.4, -0.2) is 15.6 Å². The lowest BCUT2D eigenvalue weighted by molar-refractivity contribution is 0.0687. The third-order valence-corrected chi connectivity index (χ3v) is 6.02. The summed E-state index contributed by atoms with van der Waals surface area (Å²) in [7, 11) is 0. The second kappa shape index (κ2) is 8.76. The van der Waals surface area contributed by atoms with E-state index in [1.807, 2.05) is 60.7 Å². The Labute approximate surface area is 199 Å². The van der Waals surface area contributed by atoms with Crippen LogP contribution in [0.25, 0.3) is 33.2 Å².